The topological polar surface area (TPSA) is 132 Å². The number of hydrogen-bond donors (Lipinski definition) is 3. The Labute approximate surface area is 507 Å². The number of halogens is 6. The molecule has 6 aromatic carbocycles. The maximum absolute atomic E-state index is 12.2. The number of carbonyl (C=O) groups is 3. The number of ketones is 1. The van der Waals surface area contributed by atoms with Gasteiger partial charge in [0.15, 0.2) is 5.78 Å². The number of benzene rings is 6. The number of esters is 1. The fourth-order valence-corrected chi connectivity index (χ4v) is 11.6. The van der Waals surface area contributed by atoms with E-state index in [1.54, 1.807) is 27.7 Å². The third-order valence-corrected chi connectivity index (χ3v) is 16.2. The molecule has 76 heavy (non-hydrogen) atoms. The van der Waals surface area contributed by atoms with E-state index in [1.165, 1.54) is 49.2 Å². The van der Waals surface area contributed by atoms with Gasteiger partial charge in [0.05, 0.1) is 12.3 Å². The van der Waals surface area contributed by atoms with Crippen LogP contribution in [0.4, 0.5) is 4.79 Å². The van der Waals surface area contributed by atoms with Crippen molar-refractivity contribution in [1.29, 1.82) is 0 Å². The van der Waals surface area contributed by atoms with E-state index in [0.717, 1.165) is 54.1 Å². The molecule has 0 fully saturated rings. The number of aliphatic imine (C=N–C) groups is 1. The minimum atomic E-state index is -0.908. The first-order valence-electron chi connectivity index (χ1n) is 24.3. The third kappa shape index (κ3) is 20.6. The zero-order chi connectivity index (χ0) is 56.6. The van der Waals surface area contributed by atoms with Gasteiger partial charge in [-0.3, -0.25) is 14.6 Å². The van der Waals surface area contributed by atoms with Gasteiger partial charge in [0, 0.05) is 71.9 Å². The normalized spacial score (nSPS) is 15.4. The van der Waals surface area contributed by atoms with E-state index in [0.29, 0.717) is 32.3 Å². The summed E-state index contributed by atoms with van der Waals surface area (Å²) in [5.74, 6) is -0.366. The van der Waals surface area contributed by atoms with Crippen molar-refractivity contribution in [3.63, 3.8) is 0 Å². The first-order valence-corrected chi connectivity index (χ1v) is 30.2. The van der Waals surface area contributed by atoms with Gasteiger partial charge in [-0.15, -0.1) is 0 Å². The Hall–Kier alpha value is -3.55. The quantitative estimate of drug-likeness (QED) is 0.0434. The van der Waals surface area contributed by atoms with Crippen molar-refractivity contribution in [3.8, 4) is 0 Å². The number of amides is 1. The summed E-state index contributed by atoms with van der Waals surface area (Å²) >= 11 is 24.0. The molecule has 0 aliphatic heterocycles. The Morgan fingerprint density at radius 1 is 0.684 bits per heavy atom. The molecule has 1 amide bonds. The second-order valence-electron chi connectivity index (χ2n) is 18.6. The number of nitrogens with two attached hydrogens (primary N) is 1. The van der Waals surface area contributed by atoms with Crippen molar-refractivity contribution < 1.29 is 23.9 Å². The molecular formula is C59H66BBr6N4O5S. The molecule has 0 saturated carbocycles. The predicted octanol–water partition coefficient (Wildman–Crippen LogP) is 16.2. The molecule has 403 valence electrons. The van der Waals surface area contributed by atoms with Gasteiger partial charge in [0.1, 0.15) is 16.7 Å². The minimum absolute atomic E-state index is 0.0588. The Balaban J connectivity index is 0.000000253. The summed E-state index contributed by atoms with van der Waals surface area (Å²) < 4.78 is 17.4. The molecule has 17 heteroatoms. The van der Waals surface area contributed by atoms with Crippen LogP contribution in [0.1, 0.15) is 97.2 Å². The van der Waals surface area contributed by atoms with E-state index in [4.69, 9.17) is 15.2 Å². The average Bonchev–Trinajstić information content (AvgIpc) is 3.96. The molecule has 6 aromatic rings. The van der Waals surface area contributed by atoms with Crippen molar-refractivity contribution in [2.75, 3.05) is 13.2 Å². The zero-order valence-electron chi connectivity index (χ0n) is 44.2. The molecule has 2 aliphatic carbocycles. The number of nitrogens with zero attached hydrogens (tertiary/aromatic N) is 2. The fraction of sp³-hybridized carbons (Fsp3) is 0.322. The van der Waals surface area contributed by atoms with Crippen LogP contribution >= 0.6 is 108 Å². The molecule has 2 aliphatic rings. The Morgan fingerprint density at radius 3 is 1.59 bits per heavy atom. The van der Waals surface area contributed by atoms with E-state index >= 15 is 0 Å². The summed E-state index contributed by atoms with van der Waals surface area (Å²) in [7, 11) is 4.34. The number of alkyl halides is 2. The number of alkyl carbamates (subject to hydrolysis) is 1. The van der Waals surface area contributed by atoms with E-state index in [9.17, 15) is 14.4 Å². The monoisotopic (exact) mass is 1430 g/mol. The first-order chi connectivity index (χ1) is 36.0. The van der Waals surface area contributed by atoms with Gasteiger partial charge in [-0.1, -0.05) is 205 Å². The van der Waals surface area contributed by atoms with Crippen LogP contribution in [0, 0.1) is 13.8 Å². The van der Waals surface area contributed by atoms with Crippen molar-refractivity contribution in [2.24, 2.45) is 15.0 Å². The van der Waals surface area contributed by atoms with E-state index < -0.39 is 22.8 Å². The Kier molecular flexibility index (Phi) is 29.1. The van der Waals surface area contributed by atoms with Gasteiger partial charge in [0.25, 0.3) is 0 Å². The van der Waals surface area contributed by atoms with Gasteiger partial charge in [-0.05, 0) is 124 Å². The van der Waals surface area contributed by atoms with Crippen LogP contribution in [0.3, 0.4) is 0 Å². The summed E-state index contributed by atoms with van der Waals surface area (Å²) in [4.78, 5) is 40.6. The molecule has 9 nitrogen and oxygen atoms in total. The summed E-state index contributed by atoms with van der Waals surface area (Å²) in [5, 5.41) is 4.60. The second kappa shape index (κ2) is 33.1. The van der Waals surface area contributed by atoms with Crippen LogP contribution in [-0.2, 0) is 55.4 Å². The number of hydrogen-bond acceptors (Lipinski definition) is 9. The molecule has 2 atom stereocenters. The number of Topliss-reactive ketones (excluding diaryl/α,β-unsaturated/α-hetero) is 1. The SMILES string of the molecule is BrCc1cccc(Br)c1CBr.CC(=O)C1(NC(=O)OC(C)(C)C)Cc2cccc(Br)c2C1.CCN=C(c1ccccc1)c1ccccc1.CCOC(=O)C1(N)Cc2cccc(Br)c2C1.Cc1cccc(Br)c1C.[B]=NS. The number of rotatable bonds is 9. The summed E-state index contributed by atoms with van der Waals surface area (Å²) in [6, 6.07) is 44.9. The molecule has 0 heterocycles. The van der Waals surface area contributed by atoms with E-state index in [1.807, 2.05) is 84.9 Å². The molecule has 1 radical (unpaired) electrons. The van der Waals surface area contributed by atoms with Crippen LogP contribution in [0.15, 0.2) is 161 Å². The number of aryl methyl sites for hydroxylation is 1. The number of nitrogens with one attached hydrogen (secondary N) is 1. The first kappa shape index (κ1) is 66.7. The molecule has 8 rings (SSSR count). The second-order valence-corrected chi connectivity index (χ2v) is 23.4. The Morgan fingerprint density at radius 2 is 1.17 bits per heavy atom. The number of ether oxygens (including phenoxy) is 2. The molecule has 0 saturated heterocycles. The summed E-state index contributed by atoms with van der Waals surface area (Å²) in [6.45, 7) is 16.2. The van der Waals surface area contributed by atoms with Crippen molar-refractivity contribution in [3.05, 3.63) is 207 Å². The molecule has 0 aromatic heterocycles. The third-order valence-electron chi connectivity index (χ3n) is 11.9. The standard InChI is InChI=1S/C16H20BrNO3.C15H15N.C12H14BrNO2.C8H7Br3.C8H9Br.BHNS/c1-10(19)16(18-14(20)21-15(2,3)4)8-11-6-5-7-13(17)12(11)9-16;1-2-16-15(13-9-5-3-6-10-13)14-11-7-4-8-12-14;1-2-16-11(15)12(14)6-8-4-3-5-10(13)9(8)7-12;9-4-6-2-1-3-8(11)7(6)5-10;1-6-4-3-5-8(9)7(6)2;1-2-3/h5-7H,8-9H2,1-4H3,(H,18,20);3-12H,2H2,1H3;3-5H,2,6-7,14H2,1H3;1-3H,4-5H2;3-5H,1-2H3;3H. The van der Waals surface area contributed by atoms with Gasteiger partial charge in [-0.2, -0.15) is 0 Å². The number of fused-ring (bicyclic) bond motifs is 2. The summed E-state index contributed by atoms with van der Waals surface area (Å²) in [5.41, 5.74) is 16.9. The van der Waals surface area contributed by atoms with E-state index in [2.05, 4.69) is 200 Å². The van der Waals surface area contributed by atoms with Gasteiger partial charge >= 0.3 is 36.8 Å². The van der Waals surface area contributed by atoms with Crippen LogP contribution < -0.4 is 11.1 Å². The average molecular weight is 1430 g/mol. The van der Waals surface area contributed by atoms with Crippen LogP contribution in [0.5, 0.6) is 0 Å². The molecule has 3 N–H and O–H groups in total. The van der Waals surface area contributed by atoms with Gasteiger partial charge < -0.3 is 20.5 Å². The molecular weight excluding hydrogens is 1370 g/mol. The van der Waals surface area contributed by atoms with Crippen LogP contribution in [0.25, 0.3) is 0 Å². The van der Waals surface area contributed by atoms with E-state index in [-0.39, 0.29) is 11.8 Å². The van der Waals surface area contributed by atoms with Crippen molar-refractivity contribution >= 4 is 140 Å². The van der Waals surface area contributed by atoms with Crippen molar-refractivity contribution in [1.82, 2.24) is 5.32 Å². The Bertz CT molecular complexity index is 2830. The maximum atomic E-state index is 12.2. The number of thiol groups is 1. The van der Waals surface area contributed by atoms with Gasteiger partial charge in [-0.25, -0.2) is 4.79 Å². The molecule has 0 spiro atoms. The molecule has 2 unspecified atom stereocenters. The predicted molar refractivity (Wildman–Crippen MR) is 339 cm³/mol. The number of carbonyl (C=O) groups excluding carboxylic acids is 3. The van der Waals surface area contributed by atoms with Gasteiger partial charge in [0.2, 0.25) is 0 Å². The molecule has 0 bridgehead atoms. The summed E-state index contributed by atoms with van der Waals surface area (Å²) in [6.07, 6.45) is 1.53. The zero-order valence-corrected chi connectivity index (χ0v) is 54.6. The fourth-order valence-electron chi connectivity index (χ4n) is 7.98. The van der Waals surface area contributed by atoms with Crippen LogP contribution in [-0.4, -0.2) is 61.0 Å². The van der Waals surface area contributed by atoms with Crippen LogP contribution in [0.2, 0.25) is 0 Å². The van der Waals surface area contributed by atoms with Crippen molar-refractivity contribution in [2.45, 2.75) is 108 Å².